The second-order valence-corrected chi connectivity index (χ2v) is 5.05. The third kappa shape index (κ3) is 2.89. The van der Waals surface area contributed by atoms with E-state index < -0.39 is 5.56 Å². The average Bonchev–Trinajstić information content (AvgIpc) is 2.56. The van der Waals surface area contributed by atoms with Crippen LogP contribution in [0.4, 0.5) is 4.39 Å². The number of hydrogen-bond acceptors (Lipinski definition) is 4. The molecular formula is C15H15FN4O2. The average molecular weight is 302 g/mol. The number of amides is 1. The molecule has 7 heteroatoms. The summed E-state index contributed by atoms with van der Waals surface area (Å²) >= 11 is 0. The van der Waals surface area contributed by atoms with Gasteiger partial charge in [-0.1, -0.05) is 0 Å². The van der Waals surface area contributed by atoms with Crippen molar-refractivity contribution in [2.75, 3.05) is 26.2 Å². The summed E-state index contributed by atoms with van der Waals surface area (Å²) in [5.41, 5.74) is 0.593. The Morgan fingerprint density at radius 3 is 2.55 bits per heavy atom. The van der Waals surface area contributed by atoms with Crippen LogP contribution >= 0.6 is 0 Å². The number of aromatic amines is 1. The summed E-state index contributed by atoms with van der Waals surface area (Å²) in [7, 11) is 0. The second kappa shape index (κ2) is 6.07. The highest BCUT2D eigenvalue weighted by atomic mass is 19.1. The van der Waals surface area contributed by atoms with Crippen LogP contribution in [0, 0.1) is 5.82 Å². The van der Waals surface area contributed by atoms with Gasteiger partial charge in [-0.05, 0) is 30.3 Å². The number of carbonyl (C=O) groups is 1. The molecule has 3 rings (SSSR count). The van der Waals surface area contributed by atoms with Gasteiger partial charge in [0.1, 0.15) is 11.4 Å². The van der Waals surface area contributed by atoms with E-state index in [1.165, 1.54) is 18.2 Å². The predicted molar refractivity (Wildman–Crippen MR) is 79.0 cm³/mol. The highest BCUT2D eigenvalue weighted by Gasteiger charge is 2.21. The van der Waals surface area contributed by atoms with E-state index in [-0.39, 0.29) is 17.3 Å². The van der Waals surface area contributed by atoms with Gasteiger partial charge in [-0.25, -0.2) is 9.49 Å². The van der Waals surface area contributed by atoms with Gasteiger partial charge in [0, 0.05) is 31.7 Å². The SMILES string of the molecule is O=C(c1cc(-c2ccc(F)cc2)n[nH]c1=O)N1CCNCC1. The number of halogens is 1. The topological polar surface area (TPSA) is 78.1 Å². The summed E-state index contributed by atoms with van der Waals surface area (Å²) in [6.45, 7) is 2.54. The summed E-state index contributed by atoms with van der Waals surface area (Å²) < 4.78 is 13.0. The van der Waals surface area contributed by atoms with Crippen molar-refractivity contribution in [1.29, 1.82) is 0 Å². The minimum absolute atomic E-state index is 0.0521. The molecule has 2 N–H and O–H groups in total. The molecule has 1 aromatic heterocycles. The Bertz CT molecular complexity index is 736. The van der Waals surface area contributed by atoms with Crippen molar-refractivity contribution in [3.05, 3.63) is 52.1 Å². The Morgan fingerprint density at radius 2 is 1.86 bits per heavy atom. The fourth-order valence-electron chi connectivity index (χ4n) is 2.37. The van der Waals surface area contributed by atoms with E-state index in [2.05, 4.69) is 15.5 Å². The molecule has 1 aromatic carbocycles. The monoisotopic (exact) mass is 302 g/mol. The molecule has 2 aromatic rings. The minimum Gasteiger partial charge on any atom is -0.336 e. The number of carbonyl (C=O) groups excluding carboxylic acids is 1. The van der Waals surface area contributed by atoms with Crippen LogP contribution in [-0.4, -0.2) is 47.2 Å². The number of hydrogen-bond donors (Lipinski definition) is 2. The Hall–Kier alpha value is -2.54. The third-order valence-electron chi connectivity index (χ3n) is 3.58. The number of nitrogens with one attached hydrogen (secondary N) is 2. The van der Waals surface area contributed by atoms with Crippen LogP contribution in [0.5, 0.6) is 0 Å². The van der Waals surface area contributed by atoms with E-state index in [4.69, 9.17) is 0 Å². The molecule has 1 saturated heterocycles. The lowest BCUT2D eigenvalue weighted by atomic mass is 10.1. The van der Waals surface area contributed by atoms with Gasteiger partial charge in [0.25, 0.3) is 11.5 Å². The van der Waals surface area contributed by atoms with Gasteiger partial charge in [-0.3, -0.25) is 9.59 Å². The van der Waals surface area contributed by atoms with E-state index in [0.717, 1.165) is 0 Å². The first-order valence-corrected chi connectivity index (χ1v) is 7.01. The highest BCUT2D eigenvalue weighted by molar-refractivity contribution is 5.94. The molecule has 0 saturated carbocycles. The summed E-state index contributed by atoms with van der Waals surface area (Å²) in [5.74, 6) is -0.668. The fourth-order valence-corrected chi connectivity index (χ4v) is 2.37. The van der Waals surface area contributed by atoms with Gasteiger partial charge >= 0.3 is 0 Å². The molecule has 1 aliphatic heterocycles. The van der Waals surface area contributed by atoms with E-state index >= 15 is 0 Å². The van der Waals surface area contributed by atoms with E-state index in [1.807, 2.05) is 0 Å². The smallest absolute Gasteiger partial charge is 0.277 e. The van der Waals surface area contributed by atoms with Crippen molar-refractivity contribution >= 4 is 5.91 Å². The van der Waals surface area contributed by atoms with E-state index in [0.29, 0.717) is 37.4 Å². The Labute approximate surface area is 126 Å². The molecule has 0 spiro atoms. The van der Waals surface area contributed by atoms with Crippen molar-refractivity contribution in [3.63, 3.8) is 0 Å². The largest absolute Gasteiger partial charge is 0.336 e. The number of benzene rings is 1. The highest BCUT2D eigenvalue weighted by Crippen LogP contribution is 2.17. The maximum absolute atomic E-state index is 13.0. The van der Waals surface area contributed by atoms with Gasteiger partial charge < -0.3 is 10.2 Å². The van der Waals surface area contributed by atoms with Crippen LogP contribution in [0.1, 0.15) is 10.4 Å². The zero-order valence-corrected chi connectivity index (χ0v) is 11.8. The molecule has 0 unspecified atom stereocenters. The Morgan fingerprint density at radius 1 is 1.18 bits per heavy atom. The fraction of sp³-hybridized carbons (Fsp3) is 0.267. The summed E-state index contributed by atoms with van der Waals surface area (Å²) in [6.07, 6.45) is 0. The number of aromatic nitrogens is 2. The van der Waals surface area contributed by atoms with E-state index in [9.17, 15) is 14.0 Å². The number of H-pyrrole nitrogens is 1. The zero-order valence-electron chi connectivity index (χ0n) is 11.8. The van der Waals surface area contributed by atoms with Crippen LogP contribution in [0.25, 0.3) is 11.3 Å². The lowest BCUT2D eigenvalue weighted by Gasteiger charge is -2.27. The van der Waals surface area contributed by atoms with Crippen LogP contribution < -0.4 is 10.9 Å². The Kier molecular flexibility index (Phi) is 3.97. The minimum atomic E-state index is -0.519. The molecular weight excluding hydrogens is 287 g/mol. The van der Waals surface area contributed by atoms with Gasteiger partial charge in [-0.15, -0.1) is 0 Å². The van der Waals surface area contributed by atoms with Crippen molar-refractivity contribution in [1.82, 2.24) is 20.4 Å². The molecule has 1 amide bonds. The van der Waals surface area contributed by atoms with Gasteiger partial charge in [-0.2, -0.15) is 5.10 Å². The molecule has 0 bridgehead atoms. The van der Waals surface area contributed by atoms with Gasteiger partial charge in [0.15, 0.2) is 0 Å². The molecule has 0 radical (unpaired) electrons. The van der Waals surface area contributed by atoms with Crippen molar-refractivity contribution in [2.45, 2.75) is 0 Å². The first-order chi connectivity index (χ1) is 10.6. The molecule has 1 fully saturated rings. The molecule has 1 aliphatic rings. The lowest BCUT2D eigenvalue weighted by molar-refractivity contribution is 0.0734. The summed E-state index contributed by atoms with van der Waals surface area (Å²) in [6, 6.07) is 7.17. The van der Waals surface area contributed by atoms with Crippen LogP contribution in [0.3, 0.4) is 0 Å². The first-order valence-electron chi connectivity index (χ1n) is 7.01. The predicted octanol–water partition coefficient (Wildman–Crippen LogP) is 0.621. The summed E-state index contributed by atoms with van der Waals surface area (Å²) in [4.78, 5) is 26.0. The number of nitrogens with zero attached hydrogens (tertiary/aromatic N) is 2. The maximum atomic E-state index is 13.0. The molecule has 0 aliphatic carbocycles. The third-order valence-corrected chi connectivity index (χ3v) is 3.58. The van der Waals surface area contributed by atoms with E-state index in [1.54, 1.807) is 17.0 Å². The standard InChI is InChI=1S/C15H15FN4O2/c16-11-3-1-10(2-4-11)13-9-12(14(21)19-18-13)15(22)20-7-5-17-6-8-20/h1-4,9,17H,5-8H2,(H,19,21). The van der Waals surface area contributed by atoms with Crippen LogP contribution in [-0.2, 0) is 0 Å². The molecule has 114 valence electrons. The quantitative estimate of drug-likeness (QED) is 0.852. The second-order valence-electron chi connectivity index (χ2n) is 5.05. The number of rotatable bonds is 2. The molecule has 6 nitrogen and oxygen atoms in total. The molecule has 0 atom stereocenters. The molecule has 2 heterocycles. The zero-order chi connectivity index (χ0) is 15.5. The van der Waals surface area contributed by atoms with Crippen molar-refractivity contribution in [2.24, 2.45) is 0 Å². The lowest BCUT2D eigenvalue weighted by Crippen LogP contribution is -2.47. The van der Waals surface area contributed by atoms with Crippen molar-refractivity contribution in [3.8, 4) is 11.3 Å². The molecule has 22 heavy (non-hydrogen) atoms. The normalized spacial score (nSPS) is 14.9. The van der Waals surface area contributed by atoms with Gasteiger partial charge in [0.05, 0.1) is 5.69 Å². The van der Waals surface area contributed by atoms with Crippen LogP contribution in [0.2, 0.25) is 0 Å². The van der Waals surface area contributed by atoms with Crippen molar-refractivity contribution < 1.29 is 9.18 Å². The Balaban J connectivity index is 1.94. The van der Waals surface area contributed by atoms with Crippen LogP contribution in [0.15, 0.2) is 35.1 Å². The maximum Gasteiger partial charge on any atom is 0.277 e. The summed E-state index contributed by atoms with van der Waals surface area (Å²) in [5, 5.41) is 9.41. The first kappa shape index (κ1) is 14.4. The number of piperazine rings is 1. The van der Waals surface area contributed by atoms with Gasteiger partial charge in [0.2, 0.25) is 0 Å².